The number of anilines is 1. The standard InChI is InChI=1S/C13H19N3O3S/c14-9-11-3-1-2-4-12(11)15-13(17)10-16-5-7-20(18,19)8-6-16/h1-4H,5-10,14H2,(H,15,17). The molecule has 1 aromatic rings. The summed E-state index contributed by atoms with van der Waals surface area (Å²) in [5, 5.41) is 2.82. The van der Waals surface area contributed by atoms with Crippen molar-refractivity contribution in [2.24, 2.45) is 5.73 Å². The second-order valence-electron chi connectivity index (χ2n) is 4.84. The van der Waals surface area contributed by atoms with Crippen molar-refractivity contribution in [3.63, 3.8) is 0 Å². The normalized spacial score (nSPS) is 18.6. The minimum Gasteiger partial charge on any atom is -0.326 e. The van der Waals surface area contributed by atoms with Gasteiger partial charge in [0.05, 0.1) is 18.1 Å². The van der Waals surface area contributed by atoms with Gasteiger partial charge in [-0.1, -0.05) is 18.2 Å². The summed E-state index contributed by atoms with van der Waals surface area (Å²) >= 11 is 0. The fraction of sp³-hybridized carbons (Fsp3) is 0.462. The molecule has 20 heavy (non-hydrogen) atoms. The van der Waals surface area contributed by atoms with Crippen molar-refractivity contribution in [1.29, 1.82) is 0 Å². The molecule has 6 nitrogen and oxygen atoms in total. The van der Waals surface area contributed by atoms with Crippen LogP contribution in [0.4, 0.5) is 5.69 Å². The van der Waals surface area contributed by atoms with Gasteiger partial charge < -0.3 is 11.1 Å². The zero-order valence-electron chi connectivity index (χ0n) is 11.2. The number of benzene rings is 1. The molecule has 1 heterocycles. The summed E-state index contributed by atoms with van der Waals surface area (Å²) < 4.78 is 22.6. The fourth-order valence-electron chi connectivity index (χ4n) is 2.12. The lowest BCUT2D eigenvalue weighted by Crippen LogP contribution is -2.43. The number of nitrogens with zero attached hydrogens (tertiary/aromatic N) is 1. The molecule has 0 spiro atoms. The number of carbonyl (C=O) groups excluding carboxylic acids is 1. The number of nitrogens with two attached hydrogens (primary N) is 1. The molecule has 110 valence electrons. The molecule has 1 aliphatic heterocycles. The minimum absolute atomic E-state index is 0.125. The van der Waals surface area contributed by atoms with E-state index in [-0.39, 0.29) is 24.0 Å². The molecule has 1 aliphatic rings. The van der Waals surface area contributed by atoms with Gasteiger partial charge in [-0.05, 0) is 11.6 Å². The molecule has 1 saturated heterocycles. The SMILES string of the molecule is NCc1ccccc1NC(=O)CN1CCS(=O)(=O)CC1. The van der Waals surface area contributed by atoms with Crippen molar-refractivity contribution < 1.29 is 13.2 Å². The van der Waals surface area contributed by atoms with E-state index in [1.54, 1.807) is 6.07 Å². The Balaban J connectivity index is 1.90. The largest absolute Gasteiger partial charge is 0.326 e. The maximum atomic E-state index is 12.0. The van der Waals surface area contributed by atoms with Gasteiger partial charge in [0, 0.05) is 25.3 Å². The molecule has 0 aliphatic carbocycles. The van der Waals surface area contributed by atoms with Gasteiger partial charge in [-0.25, -0.2) is 8.42 Å². The molecule has 1 aromatic carbocycles. The Morgan fingerprint density at radius 1 is 1.25 bits per heavy atom. The molecule has 0 radical (unpaired) electrons. The quantitative estimate of drug-likeness (QED) is 0.804. The second-order valence-corrected chi connectivity index (χ2v) is 7.14. The Morgan fingerprint density at radius 3 is 2.55 bits per heavy atom. The third-order valence-corrected chi connectivity index (χ3v) is 4.92. The van der Waals surface area contributed by atoms with E-state index in [0.717, 1.165) is 5.56 Å². The second kappa shape index (κ2) is 6.34. The van der Waals surface area contributed by atoms with Gasteiger partial charge in [0.15, 0.2) is 9.84 Å². The van der Waals surface area contributed by atoms with Gasteiger partial charge in [-0.15, -0.1) is 0 Å². The van der Waals surface area contributed by atoms with Crippen molar-refractivity contribution in [2.75, 3.05) is 36.5 Å². The first-order chi connectivity index (χ1) is 9.50. The van der Waals surface area contributed by atoms with E-state index in [1.807, 2.05) is 23.1 Å². The Labute approximate surface area is 118 Å². The van der Waals surface area contributed by atoms with Gasteiger partial charge in [0.2, 0.25) is 5.91 Å². The summed E-state index contributed by atoms with van der Waals surface area (Å²) in [5.74, 6) is 0.101. The molecule has 3 N–H and O–H groups in total. The summed E-state index contributed by atoms with van der Waals surface area (Å²) in [6.45, 7) is 1.38. The van der Waals surface area contributed by atoms with Gasteiger partial charge in [-0.2, -0.15) is 0 Å². The van der Waals surface area contributed by atoms with Crippen LogP contribution in [0.15, 0.2) is 24.3 Å². The third kappa shape index (κ3) is 4.03. The molecule has 0 bridgehead atoms. The van der Waals surface area contributed by atoms with Crippen LogP contribution in [-0.4, -0.2) is 50.4 Å². The zero-order chi connectivity index (χ0) is 14.6. The van der Waals surface area contributed by atoms with E-state index in [9.17, 15) is 13.2 Å². The van der Waals surface area contributed by atoms with Crippen molar-refractivity contribution in [2.45, 2.75) is 6.54 Å². The van der Waals surface area contributed by atoms with Crippen molar-refractivity contribution in [1.82, 2.24) is 4.90 Å². The van der Waals surface area contributed by atoms with Crippen LogP contribution in [-0.2, 0) is 21.2 Å². The number of hydrogen-bond donors (Lipinski definition) is 2. The average molecular weight is 297 g/mol. The lowest BCUT2D eigenvalue weighted by molar-refractivity contribution is -0.117. The molecule has 0 atom stereocenters. The molecule has 7 heteroatoms. The number of carbonyl (C=O) groups is 1. The number of hydrogen-bond acceptors (Lipinski definition) is 5. The van der Waals surface area contributed by atoms with E-state index in [4.69, 9.17) is 5.73 Å². The summed E-state index contributed by atoms with van der Waals surface area (Å²) in [6.07, 6.45) is 0. The molecule has 0 unspecified atom stereocenters. The number of amides is 1. The van der Waals surface area contributed by atoms with Crippen LogP contribution in [0.1, 0.15) is 5.56 Å². The maximum Gasteiger partial charge on any atom is 0.238 e. The highest BCUT2D eigenvalue weighted by Crippen LogP contribution is 2.14. The number of nitrogens with one attached hydrogen (secondary N) is 1. The fourth-order valence-corrected chi connectivity index (χ4v) is 3.40. The number of para-hydroxylation sites is 1. The molecule has 2 rings (SSSR count). The van der Waals surface area contributed by atoms with Crippen molar-refractivity contribution in [3.05, 3.63) is 29.8 Å². The molecule has 1 fully saturated rings. The van der Waals surface area contributed by atoms with E-state index < -0.39 is 9.84 Å². The first-order valence-electron chi connectivity index (χ1n) is 6.51. The van der Waals surface area contributed by atoms with Gasteiger partial charge in [-0.3, -0.25) is 9.69 Å². The van der Waals surface area contributed by atoms with Crippen LogP contribution in [0.3, 0.4) is 0 Å². The topological polar surface area (TPSA) is 92.5 Å². The maximum absolute atomic E-state index is 12.0. The Bertz CT molecular complexity index is 572. The van der Waals surface area contributed by atoms with Crippen LogP contribution in [0.2, 0.25) is 0 Å². The highest BCUT2D eigenvalue weighted by atomic mass is 32.2. The Kier molecular flexibility index (Phi) is 4.74. The summed E-state index contributed by atoms with van der Waals surface area (Å²) in [7, 11) is -2.91. The molecular weight excluding hydrogens is 278 g/mol. The predicted molar refractivity (Wildman–Crippen MR) is 78.1 cm³/mol. The van der Waals surface area contributed by atoms with Crippen molar-refractivity contribution in [3.8, 4) is 0 Å². The molecule has 0 saturated carbocycles. The summed E-state index contributed by atoms with van der Waals surface area (Å²) in [4.78, 5) is 13.8. The Morgan fingerprint density at radius 2 is 1.90 bits per heavy atom. The van der Waals surface area contributed by atoms with E-state index in [2.05, 4.69) is 5.32 Å². The van der Waals surface area contributed by atoms with Crippen molar-refractivity contribution >= 4 is 21.4 Å². The monoisotopic (exact) mass is 297 g/mol. The predicted octanol–water partition coefficient (Wildman–Crippen LogP) is -0.186. The number of sulfone groups is 1. The summed E-state index contributed by atoms with van der Waals surface area (Å²) in [5.41, 5.74) is 7.20. The zero-order valence-corrected chi connectivity index (χ0v) is 12.0. The first-order valence-corrected chi connectivity index (χ1v) is 8.33. The first kappa shape index (κ1) is 15.0. The average Bonchev–Trinajstić information content (AvgIpc) is 2.42. The van der Waals surface area contributed by atoms with Gasteiger partial charge >= 0.3 is 0 Å². The van der Waals surface area contributed by atoms with E-state index >= 15 is 0 Å². The van der Waals surface area contributed by atoms with Crippen LogP contribution >= 0.6 is 0 Å². The van der Waals surface area contributed by atoms with Gasteiger partial charge in [0.25, 0.3) is 0 Å². The minimum atomic E-state index is -2.91. The molecule has 0 aromatic heterocycles. The van der Waals surface area contributed by atoms with E-state index in [1.165, 1.54) is 0 Å². The van der Waals surface area contributed by atoms with Gasteiger partial charge in [0.1, 0.15) is 0 Å². The van der Waals surface area contributed by atoms with Crippen LogP contribution in [0, 0.1) is 0 Å². The van der Waals surface area contributed by atoms with Crippen LogP contribution < -0.4 is 11.1 Å². The highest BCUT2D eigenvalue weighted by Gasteiger charge is 2.23. The summed E-state index contributed by atoms with van der Waals surface area (Å²) in [6, 6.07) is 7.37. The molecular formula is C13H19N3O3S. The van der Waals surface area contributed by atoms with Crippen LogP contribution in [0.5, 0.6) is 0 Å². The van der Waals surface area contributed by atoms with Crippen LogP contribution in [0.25, 0.3) is 0 Å². The lowest BCUT2D eigenvalue weighted by Gasteiger charge is -2.25. The number of rotatable bonds is 4. The lowest BCUT2D eigenvalue weighted by atomic mass is 10.2. The molecule has 1 amide bonds. The van der Waals surface area contributed by atoms with E-state index in [0.29, 0.717) is 25.3 Å². The highest BCUT2D eigenvalue weighted by molar-refractivity contribution is 7.91. The Hall–Kier alpha value is -1.44. The smallest absolute Gasteiger partial charge is 0.238 e. The third-order valence-electron chi connectivity index (χ3n) is 3.32.